The molecule has 1 unspecified atom stereocenters. The van der Waals surface area contributed by atoms with Gasteiger partial charge < -0.3 is 9.57 Å². The molecule has 7 nitrogen and oxygen atoms in total. The van der Waals surface area contributed by atoms with Crippen LogP contribution in [0.15, 0.2) is 0 Å². The second kappa shape index (κ2) is 4.73. The van der Waals surface area contributed by atoms with E-state index in [-0.39, 0.29) is 12.8 Å². The van der Waals surface area contributed by atoms with Gasteiger partial charge in [-0.25, -0.2) is 4.79 Å². The Morgan fingerprint density at radius 2 is 1.69 bits per heavy atom. The summed E-state index contributed by atoms with van der Waals surface area (Å²) < 4.78 is 4.32. The predicted octanol–water partition coefficient (Wildman–Crippen LogP) is -0.597. The lowest BCUT2D eigenvalue weighted by atomic mass is 10.2. The lowest BCUT2D eigenvalue weighted by Crippen LogP contribution is -2.36. The first-order valence-corrected chi connectivity index (χ1v) is 4.62. The molecule has 0 N–H and O–H groups in total. The van der Waals surface area contributed by atoms with E-state index in [9.17, 15) is 19.2 Å². The molecule has 88 valence electrons. The number of carbonyl (C=O) groups is 4. The third-order valence-electron chi connectivity index (χ3n) is 2.10. The zero-order chi connectivity index (χ0) is 12.3. The van der Waals surface area contributed by atoms with Gasteiger partial charge in [0.2, 0.25) is 0 Å². The summed E-state index contributed by atoms with van der Waals surface area (Å²) >= 11 is 0. The van der Waals surface area contributed by atoms with Crippen LogP contribution in [0.2, 0.25) is 0 Å². The second-order valence-corrected chi connectivity index (χ2v) is 3.24. The standard InChI is InChI=1S/C9H11NO6/c1-5(8(13)15-2)9(14)16-10-6(11)3-4-7(10)12/h5H,3-4H2,1-2H3. The van der Waals surface area contributed by atoms with Gasteiger partial charge in [0.1, 0.15) is 0 Å². The van der Waals surface area contributed by atoms with E-state index < -0.39 is 29.7 Å². The highest BCUT2D eigenvalue weighted by molar-refractivity contribution is 6.02. The Morgan fingerprint density at radius 3 is 2.12 bits per heavy atom. The van der Waals surface area contributed by atoms with Gasteiger partial charge in [-0.3, -0.25) is 14.4 Å². The highest BCUT2D eigenvalue weighted by atomic mass is 16.7. The Bertz CT molecular complexity index is 334. The van der Waals surface area contributed by atoms with Crippen LogP contribution in [0.25, 0.3) is 0 Å². The van der Waals surface area contributed by atoms with Crippen LogP contribution in [0.1, 0.15) is 19.8 Å². The first kappa shape index (κ1) is 12.2. The van der Waals surface area contributed by atoms with E-state index in [4.69, 9.17) is 0 Å². The molecule has 0 radical (unpaired) electrons. The molecule has 1 aliphatic rings. The van der Waals surface area contributed by atoms with Crippen molar-refractivity contribution in [3.63, 3.8) is 0 Å². The molecule has 1 fully saturated rings. The first-order valence-electron chi connectivity index (χ1n) is 4.62. The molecule has 0 aromatic heterocycles. The molecule has 1 heterocycles. The lowest BCUT2D eigenvalue weighted by Gasteiger charge is -2.14. The Labute approximate surface area is 91.2 Å². The summed E-state index contributed by atoms with van der Waals surface area (Å²) in [6, 6.07) is 0. The number of ether oxygens (including phenoxy) is 1. The number of amides is 2. The van der Waals surface area contributed by atoms with Gasteiger partial charge in [-0.2, -0.15) is 0 Å². The quantitative estimate of drug-likeness (QED) is 0.365. The third-order valence-corrected chi connectivity index (χ3v) is 2.10. The topological polar surface area (TPSA) is 90.0 Å². The van der Waals surface area contributed by atoms with Crippen LogP contribution in [-0.4, -0.2) is 35.9 Å². The molecular weight excluding hydrogens is 218 g/mol. The van der Waals surface area contributed by atoms with Crippen LogP contribution >= 0.6 is 0 Å². The number of esters is 1. The monoisotopic (exact) mass is 229 g/mol. The largest absolute Gasteiger partial charge is 0.468 e. The molecule has 7 heteroatoms. The van der Waals surface area contributed by atoms with Crippen molar-refractivity contribution < 1.29 is 28.8 Å². The van der Waals surface area contributed by atoms with Gasteiger partial charge in [0.25, 0.3) is 11.8 Å². The van der Waals surface area contributed by atoms with Crippen molar-refractivity contribution >= 4 is 23.8 Å². The molecule has 2 amide bonds. The number of methoxy groups -OCH3 is 1. The number of hydrogen-bond donors (Lipinski definition) is 0. The molecule has 0 saturated carbocycles. The zero-order valence-electron chi connectivity index (χ0n) is 8.89. The Morgan fingerprint density at radius 1 is 1.19 bits per heavy atom. The zero-order valence-corrected chi connectivity index (χ0v) is 8.89. The van der Waals surface area contributed by atoms with E-state index in [0.29, 0.717) is 5.06 Å². The minimum atomic E-state index is -1.17. The summed E-state index contributed by atoms with van der Waals surface area (Å²) in [4.78, 5) is 49.0. The summed E-state index contributed by atoms with van der Waals surface area (Å²) in [5, 5.41) is 0.391. The van der Waals surface area contributed by atoms with Crippen LogP contribution in [0.5, 0.6) is 0 Å². The van der Waals surface area contributed by atoms with Crippen LogP contribution in [-0.2, 0) is 28.8 Å². The van der Waals surface area contributed by atoms with Gasteiger partial charge in [-0.1, -0.05) is 0 Å². The first-order chi connectivity index (χ1) is 7.47. The molecule has 0 bridgehead atoms. The van der Waals surface area contributed by atoms with Gasteiger partial charge in [0, 0.05) is 12.8 Å². The highest BCUT2D eigenvalue weighted by Crippen LogP contribution is 2.14. The van der Waals surface area contributed by atoms with E-state index in [2.05, 4.69) is 9.57 Å². The van der Waals surface area contributed by atoms with Crippen molar-refractivity contribution in [1.29, 1.82) is 0 Å². The Hall–Kier alpha value is -1.92. The Kier molecular flexibility index (Phi) is 3.60. The van der Waals surface area contributed by atoms with Gasteiger partial charge in [-0.05, 0) is 6.92 Å². The fraction of sp³-hybridized carbons (Fsp3) is 0.556. The number of imide groups is 1. The maximum Gasteiger partial charge on any atom is 0.347 e. The third kappa shape index (κ3) is 2.36. The van der Waals surface area contributed by atoms with Gasteiger partial charge in [0.05, 0.1) is 7.11 Å². The minimum absolute atomic E-state index is 0.0126. The lowest BCUT2D eigenvalue weighted by molar-refractivity contribution is -0.201. The molecule has 0 aromatic carbocycles. The van der Waals surface area contributed by atoms with Gasteiger partial charge >= 0.3 is 11.9 Å². The maximum absolute atomic E-state index is 11.3. The maximum atomic E-state index is 11.3. The summed E-state index contributed by atoms with van der Waals surface area (Å²) in [5.41, 5.74) is 0. The number of nitrogens with zero attached hydrogens (tertiary/aromatic N) is 1. The van der Waals surface area contributed by atoms with Crippen molar-refractivity contribution in [2.24, 2.45) is 5.92 Å². The molecule has 16 heavy (non-hydrogen) atoms. The molecule has 1 atom stereocenters. The Balaban J connectivity index is 2.60. The van der Waals surface area contributed by atoms with Crippen LogP contribution < -0.4 is 0 Å². The highest BCUT2D eigenvalue weighted by Gasteiger charge is 2.35. The van der Waals surface area contributed by atoms with E-state index in [1.54, 1.807) is 0 Å². The van der Waals surface area contributed by atoms with E-state index in [1.807, 2.05) is 0 Å². The fourth-order valence-corrected chi connectivity index (χ4v) is 1.10. The van der Waals surface area contributed by atoms with Gasteiger partial charge in [0.15, 0.2) is 5.92 Å². The summed E-state index contributed by atoms with van der Waals surface area (Å²) in [5.74, 6) is -4.13. The summed E-state index contributed by atoms with van der Waals surface area (Å²) in [7, 11) is 1.12. The van der Waals surface area contributed by atoms with E-state index >= 15 is 0 Å². The van der Waals surface area contributed by atoms with E-state index in [1.165, 1.54) is 6.92 Å². The molecule has 0 aromatic rings. The minimum Gasteiger partial charge on any atom is -0.468 e. The number of hydrogen-bond acceptors (Lipinski definition) is 6. The molecular formula is C9H11NO6. The van der Waals surface area contributed by atoms with Crippen molar-refractivity contribution in [2.45, 2.75) is 19.8 Å². The van der Waals surface area contributed by atoms with Crippen molar-refractivity contribution in [2.75, 3.05) is 7.11 Å². The second-order valence-electron chi connectivity index (χ2n) is 3.24. The summed E-state index contributed by atoms with van der Waals surface area (Å²) in [6.07, 6.45) is 0.0252. The van der Waals surface area contributed by atoms with Crippen molar-refractivity contribution in [3.8, 4) is 0 Å². The van der Waals surface area contributed by atoms with Crippen LogP contribution in [0.3, 0.4) is 0 Å². The molecule has 1 saturated heterocycles. The van der Waals surface area contributed by atoms with Crippen LogP contribution in [0, 0.1) is 5.92 Å². The average molecular weight is 229 g/mol. The van der Waals surface area contributed by atoms with E-state index in [0.717, 1.165) is 7.11 Å². The van der Waals surface area contributed by atoms with Crippen LogP contribution in [0.4, 0.5) is 0 Å². The normalized spacial score (nSPS) is 17.2. The number of rotatable bonds is 3. The fourth-order valence-electron chi connectivity index (χ4n) is 1.10. The average Bonchev–Trinajstić information content (AvgIpc) is 2.58. The smallest absolute Gasteiger partial charge is 0.347 e. The molecule has 1 rings (SSSR count). The SMILES string of the molecule is COC(=O)C(C)C(=O)ON1C(=O)CCC1=O. The number of hydroxylamine groups is 2. The van der Waals surface area contributed by atoms with Crippen molar-refractivity contribution in [3.05, 3.63) is 0 Å². The van der Waals surface area contributed by atoms with Gasteiger partial charge in [-0.15, -0.1) is 5.06 Å². The molecule has 0 spiro atoms. The predicted molar refractivity (Wildman–Crippen MR) is 48.4 cm³/mol. The number of carbonyl (C=O) groups excluding carboxylic acids is 4. The summed E-state index contributed by atoms with van der Waals surface area (Å²) in [6.45, 7) is 1.26. The van der Waals surface area contributed by atoms with Crippen molar-refractivity contribution in [1.82, 2.24) is 5.06 Å². The molecule has 1 aliphatic heterocycles. The molecule has 0 aliphatic carbocycles.